The predicted molar refractivity (Wildman–Crippen MR) is 65.0 cm³/mol. The SMILES string of the molecule is O=C(CSC1CCNCC1)NC[C@H](O)C(=O)O. The molecule has 1 fully saturated rings. The molecular weight excluding hydrogens is 244 g/mol. The van der Waals surface area contributed by atoms with Crippen molar-refractivity contribution in [2.75, 3.05) is 25.4 Å². The van der Waals surface area contributed by atoms with Crippen LogP contribution in [0.3, 0.4) is 0 Å². The van der Waals surface area contributed by atoms with Crippen molar-refractivity contribution < 1.29 is 19.8 Å². The summed E-state index contributed by atoms with van der Waals surface area (Å²) in [6.45, 7) is 1.73. The molecule has 4 N–H and O–H groups in total. The summed E-state index contributed by atoms with van der Waals surface area (Å²) in [7, 11) is 0. The molecule has 17 heavy (non-hydrogen) atoms. The van der Waals surface area contributed by atoms with Gasteiger partial charge in [-0.25, -0.2) is 4.79 Å². The first kappa shape index (κ1) is 14.3. The van der Waals surface area contributed by atoms with Crippen LogP contribution in [0.5, 0.6) is 0 Å². The summed E-state index contributed by atoms with van der Waals surface area (Å²) < 4.78 is 0. The molecule has 0 aliphatic carbocycles. The van der Waals surface area contributed by atoms with E-state index in [1.807, 2.05) is 0 Å². The molecule has 98 valence electrons. The number of hydrogen-bond donors (Lipinski definition) is 4. The van der Waals surface area contributed by atoms with E-state index in [0.29, 0.717) is 11.0 Å². The number of aliphatic hydroxyl groups excluding tert-OH is 1. The Morgan fingerprint density at radius 3 is 2.65 bits per heavy atom. The van der Waals surface area contributed by atoms with Gasteiger partial charge in [0.05, 0.1) is 12.3 Å². The first-order valence-electron chi connectivity index (χ1n) is 5.59. The molecule has 0 spiro atoms. The Hall–Kier alpha value is -0.790. The highest BCUT2D eigenvalue weighted by Crippen LogP contribution is 2.19. The van der Waals surface area contributed by atoms with E-state index in [4.69, 9.17) is 10.2 Å². The molecule has 1 heterocycles. The molecule has 7 heteroatoms. The quantitative estimate of drug-likeness (QED) is 0.492. The highest BCUT2D eigenvalue weighted by atomic mass is 32.2. The van der Waals surface area contributed by atoms with Crippen molar-refractivity contribution in [3.05, 3.63) is 0 Å². The Morgan fingerprint density at radius 2 is 2.06 bits per heavy atom. The van der Waals surface area contributed by atoms with Gasteiger partial charge in [-0.2, -0.15) is 0 Å². The topological polar surface area (TPSA) is 98.7 Å². The zero-order valence-electron chi connectivity index (χ0n) is 9.52. The van der Waals surface area contributed by atoms with E-state index >= 15 is 0 Å². The highest BCUT2D eigenvalue weighted by molar-refractivity contribution is 8.00. The molecule has 1 aliphatic rings. The van der Waals surface area contributed by atoms with E-state index in [1.165, 1.54) is 0 Å². The van der Waals surface area contributed by atoms with Crippen molar-refractivity contribution >= 4 is 23.6 Å². The van der Waals surface area contributed by atoms with Crippen LogP contribution in [0.15, 0.2) is 0 Å². The number of rotatable bonds is 6. The molecule has 6 nitrogen and oxygen atoms in total. The first-order valence-corrected chi connectivity index (χ1v) is 6.64. The molecule has 1 rings (SSSR count). The molecular formula is C10H18N2O4S. The van der Waals surface area contributed by atoms with Crippen LogP contribution in [0.4, 0.5) is 0 Å². The average Bonchev–Trinajstić information content (AvgIpc) is 2.34. The minimum Gasteiger partial charge on any atom is -0.479 e. The van der Waals surface area contributed by atoms with E-state index in [9.17, 15) is 9.59 Å². The van der Waals surface area contributed by atoms with E-state index < -0.39 is 12.1 Å². The highest BCUT2D eigenvalue weighted by Gasteiger charge is 2.17. The van der Waals surface area contributed by atoms with Crippen LogP contribution in [0.1, 0.15) is 12.8 Å². The monoisotopic (exact) mass is 262 g/mol. The number of aliphatic carboxylic acids is 1. The second kappa shape index (κ2) is 7.52. The van der Waals surface area contributed by atoms with Crippen molar-refractivity contribution in [1.29, 1.82) is 0 Å². The molecule has 0 unspecified atom stereocenters. The number of aliphatic hydroxyl groups is 1. The van der Waals surface area contributed by atoms with Gasteiger partial charge in [-0.15, -0.1) is 11.8 Å². The van der Waals surface area contributed by atoms with E-state index in [0.717, 1.165) is 25.9 Å². The van der Waals surface area contributed by atoms with Crippen LogP contribution < -0.4 is 10.6 Å². The number of nitrogens with one attached hydrogen (secondary N) is 2. The van der Waals surface area contributed by atoms with Crippen molar-refractivity contribution in [3.63, 3.8) is 0 Å². The van der Waals surface area contributed by atoms with Gasteiger partial charge >= 0.3 is 5.97 Å². The van der Waals surface area contributed by atoms with Crippen LogP contribution in [-0.4, -0.2) is 58.8 Å². The van der Waals surface area contributed by atoms with Crippen LogP contribution in [-0.2, 0) is 9.59 Å². The van der Waals surface area contributed by atoms with E-state index in [1.54, 1.807) is 11.8 Å². The standard InChI is InChI=1S/C10H18N2O4S/c13-8(10(15)16)5-12-9(14)6-17-7-1-3-11-4-2-7/h7-8,11,13H,1-6H2,(H,12,14)(H,15,16)/t8-/m0/s1. The molecule has 0 aromatic heterocycles. The minimum absolute atomic E-state index is 0.228. The van der Waals surface area contributed by atoms with Crippen LogP contribution in [0.25, 0.3) is 0 Å². The lowest BCUT2D eigenvalue weighted by Gasteiger charge is -2.21. The summed E-state index contributed by atoms with van der Waals surface area (Å²) in [5.74, 6) is -1.23. The summed E-state index contributed by atoms with van der Waals surface area (Å²) in [4.78, 5) is 21.7. The second-order valence-electron chi connectivity index (χ2n) is 3.92. The summed E-state index contributed by atoms with van der Waals surface area (Å²) in [6, 6.07) is 0. The van der Waals surface area contributed by atoms with Crippen molar-refractivity contribution in [1.82, 2.24) is 10.6 Å². The minimum atomic E-state index is -1.53. The number of hydrogen-bond acceptors (Lipinski definition) is 5. The third kappa shape index (κ3) is 5.90. The maximum absolute atomic E-state index is 11.4. The number of thioether (sulfide) groups is 1. The smallest absolute Gasteiger partial charge is 0.334 e. The normalized spacial score (nSPS) is 18.6. The van der Waals surface area contributed by atoms with Gasteiger partial charge in [0.1, 0.15) is 0 Å². The molecule has 1 atom stereocenters. The Balaban J connectivity index is 2.10. The zero-order chi connectivity index (χ0) is 12.7. The summed E-state index contributed by atoms with van der Waals surface area (Å²) in [6.07, 6.45) is 0.577. The van der Waals surface area contributed by atoms with E-state index in [2.05, 4.69) is 10.6 Å². The van der Waals surface area contributed by atoms with Crippen molar-refractivity contribution in [2.45, 2.75) is 24.2 Å². The first-order chi connectivity index (χ1) is 8.09. The van der Waals surface area contributed by atoms with Crippen molar-refractivity contribution in [2.24, 2.45) is 0 Å². The third-order valence-electron chi connectivity index (χ3n) is 2.51. The Bertz CT molecular complexity index is 269. The summed E-state index contributed by atoms with van der Waals surface area (Å²) in [5.41, 5.74) is 0. The zero-order valence-corrected chi connectivity index (χ0v) is 10.3. The average molecular weight is 262 g/mol. The maximum Gasteiger partial charge on any atom is 0.334 e. The Morgan fingerprint density at radius 1 is 1.41 bits per heavy atom. The fourth-order valence-corrected chi connectivity index (χ4v) is 2.56. The lowest BCUT2D eigenvalue weighted by Crippen LogP contribution is -2.38. The van der Waals surface area contributed by atoms with Gasteiger partial charge in [-0.05, 0) is 25.9 Å². The van der Waals surface area contributed by atoms with Gasteiger partial charge in [-0.3, -0.25) is 4.79 Å². The van der Waals surface area contributed by atoms with Gasteiger partial charge in [0.2, 0.25) is 5.91 Å². The molecule has 0 radical (unpaired) electrons. The number of carboxylic acids is 1. The molecule has 1 amide bonds. The molecule has 0 aromatic carbocycles. The van der Waals surface area contributed by atoms with Gasteiger partial charge in [0.25, 0.3) is 0 Å². The molecule has 0 saturated carbocycles. The predicted octanol–water partition coefficient (Wildman–Crippen LogP) is -0.967. The van der Waals surface area contributed by atoms with Crippen molar-refractivity contribution in [3.8, 4) is 0 Å². The van der Waals surface area contributed by atoms with Crippen LogP contribution in [0, 0.1) is 0 Å². The van der Waals surface area contributed by atoms with Gasteiger partial charge in [0.15, 0.2) is 6.10 Å². The molecule has 1 aliphatic heterocycles. The number of amides is 1. The number of carboxylic acid groups (broad SMARTS) is 1. The second-order valence-corrected chi connectivity index (χ2v) is 5.21. The Kier molecular flexibility index (Phi) is 6.31. The number of piperidine rings is 1. The van der Waals surface area contributed by atoms with Gasteiger partial charge in [0, 0.05) is 5.25 Å². The van der Waals surface area contributed by atoms with Crippen LogP contribution in [0.2, 0.25) is 0 Å². The maximum atomic E-state index is 11.4. The van der Waals surface area contributed by atoms with Crippen LogP contribution >= 0.6 is 11.8 Å². The molecule has 0 bridgehead atoms. The third-order valence-corrected chi connectivity index (χ3v) is 3.89. The van der Waals surface area contributed by atoms with E-state index in [-0.39, 0.29) is 12.5 Å². The lowest BCUT2D eigenvalue weighted by atomic mass is 10.2. The fourth-order valence-electron chi connectivity index (χ4n) is 1.50. The number of carbonyl (C=O) groups is 2. The Labute approximate surface area is 104 Å². The largest absolute Gasteiger partial charge is 0.479 e. The molecule has 1 saturated heterocycles. The lowest BCUT2D eigenvalue weighted by molar-refractivity contribution is -0.146. The number of carbonyl (C=O) groups excluding carboxylic acids is 1. The summed E-state index contributed by atoms with van der Waals surface area (Å²) >= 11 is 1.58. The summed E-state index contributed by atoms with van der Waals surface area (Å²) in [5, 5.41) is 23.5. The fraction of sp³-hybridized carbons (Fsp3) is 0.800. The van der Waals surface area contributed by atoms with Gasteiger partial charge in [-0.1, -0.05) is 0 Å². The molecule has 0 aromatic rings. The van der Waals surface area contributed by atoms with Gasteiger partial charge < -0.3 is 20.8 Å².